The van der Waals surface area contributed by atoms with E-state index in [1.165, 1.54) is 0 Å². The summed E-state index contributed by atoms with van der Waals surface area (Å²) in [5, 5.41) is 0. The molecule has 0 radical (unpaired) electrons. The molecule has 0 unspecified atom stereocenters. The Morgan fingerprint density at radius 2 is 2.00 bits per heavy atom. The van der Waals surface area contributed by atoms with Gasteiger partial charge in [-0.3, -0.25) is 9.63 Å². The van der Waals surface area contributed by atoms with Crippen LogP contribution in [0.15, 0.2) is 18.5 Å². The van der Waals surface area contributed by atoms with Gasteiger partial charge in [0.05, 0.1) is 5.60 Å². The molecule has 0 spiro atoms. The van der Waals surface area contributed by atoms with Crippen molar-refractivity contribution in [1.82, 2.24) is 15.4 Å². The van der Waals surface area contributed by atoms with Crippen LogP contribution in [0.2, 0.25) is 0 Å². The zero-order valence-electron chi connectivity index (χ0n) is 10.6. The van der Waals surface area contributed by atoms with Gasteiger partial charge in [0.25, 0.3) is 5.91 Å². The largest absolute Gasteiger partial charge is 0.334 e. The average Bonchev–Trinajstić information content (AvgIpc) is 2.27. The predicted molar refractivity (Wildman–Crippen MR) is 64.3 cm³/mol. The summed E-state index contributed by atoms with van der Waals surface area (Å²) < 4.78 is 0. The molecule has 0 fully saturated rings. The smallest absolute Gasteiger partial charge is 0.263 e. The van der Waals surface area contributed by atoms with Gasteiger partial charge in [-0.15, -0.1) is 0 Å². The summed E-state index contributed by atoms with van der Waals surface area (Å²) in [6.07, 6.45) is 3.25. The van der Waals surface area contributed by atoms with E-state index in [0.29, 0.717) is 5.95 Å². The Morgan fingerprint density at radius 3 is 2.53 bits per heavy atom. The van der Waals surface area contributed by atoms with Crippen molar-refractivity contribution >= 4 is 11.9 Å². The lowest BCUT2D eigenvalue weighted by atomic mass is 10.2. The molecule has 0 saturated heterocycles. The van der Waals surface area contributed by atoms with E-state index in [2.05, 4.69) is 15.4 Å². The molecule has 0 aromatic carbocycles. The number of rotatable bonds is 4. The quantitative estimate of drug-likeness (QED) is 0.784. The number of carbonyl (C=O) groups is 1. The van der Waals surface area contributed by atoms with Crippen molar-refractivity contribution in [2.24, 2.45) is 0 Å². The second-order valence-corrected chi connectivity index (χ2v) is 4.64. The number of aromatic nitrogens is 2. The van der Waals surface area contributed by atoms with Crippen molar-refractivity contribution in [3.05, 3.63) is 18.5 Å². The average molecular weight is 238 g/mol. The first-order valence-corrected chi connectivity index (χ1v) is 5.33. The van der Waals surface area contributed by atoms with Crippen LogP contribution >= 0.6 is 0 Å². The van der Waals surface area contributed by atoms with Crippen molar-refractivity contribution in [3.63, 3.8) is 0 Å². The number of carbonyl (C=O) groups excluding carboxylic acids is 1. The van der Waals surface area contributed by atoms with Gasteiger partial charge in [-0.2, -0.15) is 0 Å². The fraction of sp³-hybridized carbons (Fsp3) is 0.545. The minimum Gasteiger partial charge on any atom is -0.334 e. The highest BCUT2D eigenvalue weighted by atomic mass is 16.7. The first-order chi connectivity index (χ1) is 7.88. The van der Waals surface area contributed by atoms with Crippen LogP contribution in [0.3, 0.4) is 0 Å². The summed E-state index contributed by atoms with van der Waals surface area (Å²) in [4.78, 5) is 26.4. The summed E-state index contributed by atoms with van der Waals surface area (Å²) in [7, 11) is 1.74. The zero-order valence-corrected chi connectivity index (χ0v) is 10.6. The zero-order chi connectivity index (χ0) is 12.9. The van der Waals surface area contributed by atoms with Crippen LogP contribution in [0.4, 0.5) is 5.95 Å². The van der Waals surface area contributed by atoms with Crippen LogP contribution in [0.25, 0.3) is 0 Å². The van der Waals surface area contributed by atoms with E-state index in [4.69, 9.17) is 4.84 Å². The maximum Gasteiger partial charge on any atom is 0.263 e. The molecule has 0 aliphatic heterocycles. The van der Waals surface area contributed by atoms with Crippen LogP contribution in [-0.2, 0) is 9.63 Å². The Kier molecular flexibility index (Phi) is 4.39. The Labute approximate surface area is 101 Å². The molecule has 94 valence electrons. The number of nitrogens with zero attached hydrogens (tertiary/aromatic N) is 3. The fourth-order valence-corrected chi connectivity index (χ4v) is 1.02. The minimum absolute atomic E-state index is 0.139. The Bertz CT molecular complexity index is 361. The van der Waals surface area contributed by atoms with Crippen LogP contribution < -0.4 is 10.4 Å². The first-order valence-electron chi connectivity index (χ1n) is 5.33. The molecule has 0 saturated carbocycles. The first kappa shape index (κ1) is 13.4. The second kappa shape index (κ2) is 5.58. The van der Waals surface area contributed by atoms with Gasteiger partial charge in [0.2, 0.25) is 5.95 Å². The third kappa shape index (κ3) is 5.26. The summed E-state index contributed by atoms with van der Waals surface area (Å²) in [6, 6.07) is 1.72. The molecular weight excluding hydrogens is 220 g/mol. The van der Waals surface area contributed by atoms with Gasteiger partial charge in [0, 0.05) is 19.4 Å². The topological polar surface area (TPSA) is 67.4 Å². The molecule has 1 heterocycles. The molecule has 0 bridgehead atoms. The third-order valence-electron chi connectivity index (χ3n) is 1.75. The van der Waals surface area contributed by atoms with Gasteiger partial charge < -0.3 is 4.90 Å². The monoisotopic (exact) mass is 238 g/mol. The highest BCUT2D eigenvalue weighted by molar-refractivity contribution is 5.79. The Morgan fingerprint density at radius 1 is 1.41 bits per heavy atom. The molecule has 1 aromatic rings. The molecule has 0 atom stereocenters. The molecule has 1 N–H and O–H groups in total. The van der Waals surface area contributed by atoms with Gasteiger partial charge in [-0.25, -0.2) is 15.4 Å². The maximum atomic E-state index is 11.5. The normalized spacial score (nSPS) is 11.1. The van der Waals surface area contributed by atoms with E-state index in [-0.39, 0.29) is 12.5 Å². The molecule has 0 aliphatic carbocycles. The number of hydrogen-bond donors (Lipinski definition) is 1. The highest BCUT2D eigenvalue weighted by Gasteiger charge is 2.14. The van der Waals surface area contributed by atoms with Gasteiger partial charge in [0.1, 0.15) is 6.54 Å². The van der Waals surface area contributed by atoms with Crippen LogP contribution in [-0.4, -0.2) is 35.1 Å². The van der Waals surface area contributed by atoms with E-state index < -0.39 is 5.60 Å². The molecule has 1 amide bonds. The predicted octanol–water partition coefficient (Wildman–Crippen LogP) is 0.759. The van der Waals surface area contributed by atoms with Crippen molar-refractivity contribution in [1.29, 1.82) is 0 Å². The van der Waals surface area contributed by atoms with Gasteiger partial charge >= 0.3 is 0 Å². The van der Waals surface area contributed by atoms with E-state index >= 15 is 0 Å². The SMILES string of the molecule is CN(CC(=O)NOC(C)(C)C)c1ncccn1. The van der Waals surface area contributed by atoms with Crippen molar-refractivity contribution in [2.45, 2.75) is 26.4 Å². The second-order valence-electron chi connectivity index (χ2n) is 4.64. The van der Waals surface area contributed by atoms with Gasteiger partial charge in [-0.1, -0.05) is 0 Å². The minimum atomic E-state index is -0.405. The number of hydroxylamine groups is 1. The number of likely N-dealkylation sites (N-methyl/N-ethyl adjacent to an activating group) is 1. The van der Waals surface area contributed by atoms with Gasteiger partial charge in [0.15, 0.2) is 0 Å². The Hall–Kier alpha value is -1.69. The van der Waals surface area contributed by atoms with E-state index in [1.54, 1.807) is 30.4 Å². The van der Waals surface area contributed by atoms with E-state index in [0.717, 1.165) is 0 Å². The molecule has 17 heavy (non-hydrogen) atoms. The van der Waals surface area contributed by atoms with Gasteiger partial charge in [-0.05, 0) is 26.8 Å². The van der Waals surface area contributed by atoms with Crippen LogP contribution in [0, 0.1) is 0 Å². The van der Waals surface area contributed by atoms with Crippen LogP contribution in [0.1, 0.15) is 20.8 Å². The van der Waals surface area contributed by atoms with Crippen LogP contribution in [0.5, 0.6) is 0 Å². The lowest BCUT2D eigenvalue weighted by Crippen LogP contribution is -2.39. The van der Waals surface area contributed by atoms with E-state index in [1.807, 2.05) is 20.8 Å². The van der Waals surface area contributed by atoms with Crippen molar-refractivity contribution < 1.29 is 9.63 Å². The molecule has 1 aromatic heterocycles. The summed E-state index contributed by atoms with van der Waals surface area (Å²) in [6.45, 7) is 5.71. The molecular formula is C11H18N4O2. The molecule has 0 aliphatic rings. The molecule has 1 rings (SSSR count). The summed E-state index contributed by atoms with van der Waals surface area (Å²) in [5.41, 5.74) is 1.98. The fourth-order valence-electron chi connectivity index (χ4n) is 1.02. The number of amides is 1. The van der Waals surface area contributed by atoms with Crippen molar-refractivity contribution in [2.75, 3.05) is 18.5 Å². The summed E-state index contributed by atoms with van der Waals surface area (Å²) in [5.74, 6) is 0.258. The highest BCUT2D eigenvalue weighted by Crippen LogP contribution is 2.04. The molecule has 6 heteroatoms. The lowest BCUT2D eigenvalue weighted by molar-refractivity contribution is -0.144. The maximum absolute atomic E-state index is 11.5. The number of nitrogens with one attached hydrogen (secondary N) is 1. The van der Waals surface area contributed by atoms with Crippen molar-refractivity contribution in [3.8, 4) is 0 Å². The third-order valence-corrected chi connectivity index (χ3v) is 1.75. The number of anilines is 1. The van der Waals surface area contributed by atoms with E-state index in [9.17, 15) is 4.79 Å². The Balaban J connectivity index is 2.42. The summed E-state index contributed by atoms with van der Waals surface area (Å²) >= 11 is 0. The lowest BCUT2D eigenvalue weighted by Gasteiger charge is -2.21. The number of hydrogen-bond acceptors (Lipinski definition) is 5. The standard InChI is InChI=1S/C11H18N4O2/c1-11(2,3)17-14-9(16)8-15(4)10-12-6-5-7-13-10/h5-7H,8H2,1-4H3,(H,14,16). The molecule has 6 nitrogen and oxygen atoms in total.